The van der Waals surface area contributed by atoms with Gasteiger partial charge in [0.05, 0.1) is 23.9 Å². The summed E-state index contributed by atoms with van der Waals surface area (Å²) in [6.45, 7) is 0.875. The number of nitrogens with one attached hydrogen (secondary N) is 2. The van der Waals surface area contributed by atoms with Gasteiger partial charge < -0.3 is 15.0 Å². The average molecular weight is 421 g/mol. The van der Waals surface area contributed by atoms with Gasteiger partial charge in [0.2, 0.25) is 15.7 Å². The van der Waals surface area contributed by atoms with Crippen molar-refractivity contribution in [3.63, 3.8) is 0 Å². The third-order valence-corrected chi connectivity index (χ3v) is 7.58. The van der Waals surface area contributed by atoms with E-state index in [2.05, 4.69) is 33.4 Å². The van der Waals surface area contributed by atoms with Gasteiger partial charge in [-0.1, -0.05) is 12.5 Å². The van der Waals surface area contributed by atoms with Gasteiger partial charge in [0, 0.05) is 31.9 Å². The smallest absolute Gasteiger partial charge is 0.320 e. The van der Waals surface area contributed by atoms with Gasteiger partial charge in [0.15, 0.2) is 0 Å². The summed E-state index contributed by atoms with van der Waals surface area (Å²) in [6.07, 6.45) is 14.8. The number of hydrogen-bond acceptors (Lipinski definition) is 5. The van der Waals surface area contributed by atoms with Gasteiger partial charge in [-0.15, -0.1) is 0 Å². The minimum absolute atomic E-state index is 0.135. The van der Waals surface area contributed by atoms with E-state index in [1.807, 2.05) is 0 Å². The second kappa shape index (κ2) is 6.50. The van der Waals surface area contributed by atoms with Crippen LogP contribution < -0.4 is 10.0 Å². The van der Waals surface area contributed by atoms with Crippen molar-refractivity contribution in [1.82, 2.24) is 19.8 Å². The number of carbonyl (C=O) groups excluding carboxylic acids is 1. The molecule has 2 saturated heterocycles. The molecule has 3 fully saturated rings. The van der Waals surface area contributed by atoms with Crippen molar-refractivity contribution in [1.29, 1.82) is 0 Å². The molecule has 8 nitrogen and oxygen atoms in total. The van der Waals surface area contributed by atoms with Crippen LogP contribution in [0.25, 0.3) is 0 Å². The minimum Gasteiger partial charge on any atom is -0.467 e. The maximum absolute atomic E-state index is 12.6. The number of urea groups is 1. The second-order valence-corrected chi connectivity index (χ2v) is 10.6. The van der Waals surface area contributed by atoms with E-state index in [9.17, 15) is 13.2 Å². The van der Waals surface area contributed by atoms with Crippen LogP contribution in [0.15, 0.2) is 35.5 Å². The van der Waals surface area contributed by atoms with Crippen LogP contribution in [0, 0.1) is 5.41 Å². The molecule has 0 bridgehead atoms. The number of rotatable bonds is 4. The number of sulfonamides is 1. The van der Waals surface area contributed by atoms with Crippen LogP contribution in [0.4, 0.5) is 4.79 Å². The predicted octanol–water partition coefficient (Wildman–Crippen LogP) is 1.96. The lowest BCUT2D eigenvalue weighted by molar-refractivity contribution is -0.0495. The maximum Gasteiger partial charge on any atom is 0.320 e. The van der Waals surface area contributed by atoms with E-state index in [-0.39, 0.29) is 24.5 Å². The van der Waals surface area contributed by atoms with Gasteiger partial charge in [-0.3, -0.25) is 4.90 Å². The number of allylic oxidation sites excluding steroid dienone is 3. The Labute approximate surface area is 171 Å². The first-order valence-electron chi connectivity index (χ1n) is 10.4. The standard InChI is InChI=1S/C20H28N4O4S/c1-29(26,27)22-9-11-24-18(25)21-14-20(24)13-19-8-4-2-6-15(19)12-23-10-5-3-7-16(23)17(19)28-20/h5,10,12,22H,2-4,6-9,11,13-14H2,1H3,(H,21,25)/t19?,20-/m0/s1. The number of ether oxygens (including phenoxy) is 1. The van der Waals surface area contributed by atoms with E-state index in [4.69, 9.17) is 4.74 Å². The van der Waals surface area contributed by atoms with E-state index in [0.717, 1.165) is 50.5 Å². The van der Waals surface area contributed by atoms with Crippen LogP contribution >= 0.6 is 0 Å². The van der Waals surface area contributed by atoms with E-state index in [0.29, 0.717) is 6.54 Å². The Bertz CT molecular complexity index is 940. The molecule has 158 valence electrons. The van der Waals surface area contributed by atoms with E-state index >= 15 is 0 Å². The Hall–Kier alpha value is -2.00. The molecule has 2 spiro atoms. The van der Waals surface area contributed by atoms with Crippen LogP contribution in [0.2, 0.25) is 0 Å². The predicted molar refractivity (Wildman–Crippen MR) is 108 cm³/mol. The molecule has 9 heteroatoms. The molecular formula is C20H28N4O4S. The number of carbonyl (C=O) groups is 1. The van der Waals surface area contributed by atoms with Crippen LogP contribution in [0.3, 0.4) is 0 Å². The summed E-state index contributed by atoms with van der Waals surface area (Å²) in [5, 5.41) is 2.94. The van der Waals surface area contributed by atoms with Gasteiger partial charge in [-0.2, -0.15) is 0 Å². The topological polar surface area (TPSA) is 91.0 Å². The molecule has 1 saturated carbocycles. The molecule has 0 aromatic heterocycles. The van der Waals surface area contributed by atoms with Crippen molar-refractivity contribution in [2.45, 2.75) is 50.7 Å². The molecule has 4 heterocycles. The number of hydrogen-bond donors (Lipinski definition) is 2. The normalized spacial score (nSPS) is 33.3. The third-order valence-electron chi connectivity index (χ3n) is 6.85. The van der Waals surface area contributed by atoms with E-state index in [1.165, 1.54) is 17.7 Å². The molecule has 2 amide bonds. The zero-order valence-corrected chi connectivity index (χ0v) is 17.6. The minimum atomic E-state index is -3.31. The summed E-state index contributed by atoms with van der Waals surface area (Å²) in [4.78, 5) is 16.5. The van der Waals surface area contributed by atoms with Gasteiger partial charge in [-0.25, -0.2) is 17.9 Å². The number of amides is 2. The Kier molecular flexibility index (Phi) is 4.26. The fraction of sp³-hybridized carbons (Fsp3) is 0.650. The lowest BCUT2D eigenvalue weighted by atomic mass is 9.65. The van der Waals surface area contributed by atoms with E-state index in [1.54, 1.807) is 4.90 Å². The lowest BCUT2D eigenvalue weighted by Crippen LogP contribution is -2.50. The Morgan fingerprint density at radius 1 is 1.31 bits per heavy atom. The van der Waals surface area contributed by atoms with Gasteiger partial charge >= 0.3 is 6.03 Å². The molecule has 5 aliphatic rings. The molecule has 2 N–H and O–H groups in total. The summed E-state index contributed by atoms with van der Waals surface area (Å²) in [7, 11) is -3.31. The Morgan fingerprint density at radius 3 is 3.00 bits per heavy atom. The maximum atomic E-state index is 12.6. The van der Waals surface area contributed by atoms with Crippen molar-refractivity contribution in [3.8, 4) is 0 Å². The summed E-state index contributed by atoms with van der Waals surface area (Å²) in [5.41, 5.74) is 1.72. The fourth-order valence-corrected chi connectivity index (χ4v) is 6.10. The highest BCUT2D eigenvalue weighted by Crippen LogP contribution is 2.62. The molecule has 4 aliphatic heterocycles. The second-order valence-electron chi connectivity index (χ2n) is 8.75. The fourth-order valence-electron chi connectivity index (χ4n) is 5.64. The van der Waals surface area contributed by atoms with Gasteiger partial charge in [0.25, 0.3) is 0 Å². The molecule has 1 unspecified atom stereocenters. The van der Waals surface area contributed by atoms with Crippen LogP contribution in [0.5, 0.6) is 0 Å². The van der Waals surface area contributed by atoms with Crippen LogP contribution in [0.1, 0.15) is 44.9 Å². The quantitative estimate of drug-likeness (QED) is 0.726. The molecule has 0 radical (unpaired) electrons. The van der Waals surface area contributed by atoms with Crippen molar-refractivity contribution in [2.75, 3.05) is 25.9 Å². The summed E-state index contributed by atoms with van der Waals surface area (Å²) >= 11 is 0. The highest BCUT2D eigenvalue weighted by atomic mass is 32.2. The third kappa shape index (κ3) is 2.97. The van der Waals surface area contributed by atoms with Crippen LogP contribution in [-0.4, -0.2) is 55.9 Å². The van der Waals surface area contributed by atoms with Crippen molar-refractivity contribution < 1.29 is 17.9 Å². The lowest BCUT2D eigenvalue weighted by Gasteiger charge is -2.42. The highest BCUT2D eigenvalue weighted by molar-refractivity contribution is 7.88. The Balaban J connectivity index is 1.50. The molecule has 1 aliphatic carbocycles. The summed E-state index contributed by atoms with van der Waals surface area (Å²) < 4.78 is 32.2. The van der Waals surface area contributed by atoms with Crippen LogP contribution in [-0.2, 0) is 14.8 Å². The molecule has 5 rings (SSSR count). The SMILES string of the molecule is CS(=O)(=O)NCCN1C(=O)NC[C@@]12CC13CCCCC1=CN1C=CCCC1=C3O2. The number of nitrogens with zero attached hydrogens (tertiary/aromatic N) is 2. The first-order valence-corrected chi connectivity index (χ1v) is 12.3. The number of fused-ring (bicyclic) bond motifs is 1. The first kappa shape index (κ1) is 19.0. The molecule has 29 heavy (non-hydrogen) atoms. The van der Waals surface area contributed by atoms with Crippen molar-refractivity contribution in [3.05, 3.63) is 35.5 Å². The van der Waals surface area contributed by atoms with Crippen molar-refractivity contribution in [2.24, 2.45) is 5.41 Å². The summed E-state index contributed by atoms with van der Waals surface area (Å²) in [6, 6.07) is -0.192. The molecule has 0 aromatic rings. The first-order chi connectivity index (χ1) is 13.8. The zero-order valence-electron chi connectivity index (χ0n) is 16.7. The molecule has 2 atom stereocenters. The van der Waals surface area contributed by atoms with Crippen molar-refractivity contribution >= 4 is 16.1 Å². The summed E-state index contributed by atoms with van der Waals surface area (Å²) in [5.74, 6) is 1.04. The molecular weight excluding hydrogens is 392 g/mol. The van der Waals surface area contributed by atoms with Gasteiger partial charge in [0.1, 0.15) is 5.76 Å². The largest absolute Gasteiger partial charge is 0.467 e. The monoisotopic (exact) mass is 420 g/mol. The highest BCUT2D eigenvalue weighted by Gasteiger charge is 2.63. The average Bonchev–Trinajstić information content (AvgIpc) is 3.17. The van der Waals surface area contributed by atoms with E-state index < -0.39 is 15.7 Å². The Morgan fingerprint density at radius 2 is 2.17 bits per heavy atom. The zero-order chi connectivity index (χ0) is 20.3. The molecule has 0 aromatic carbocycles. The van der Waals surface area contributed by atoms with Gasteiger partial charge in [-0.05, 0) is 37.7 Å².